The standard InChI is InChI=1S/C47H29N3/c1-2-11-33(12-3-1)45-39-15-7-9-17-43(39)50-47-40(45)25-22-34-24-29-44(49-46(34)47)38-27-26-35(36-13-5-6-14-37(36)38)30-18-20-32(21-19-30)42-28-23-31-10-4-8-16-41(31)48-42/h1-29H. The second kappa shape index (κ2) is 11.5. The third-order valence-corrected chi connectivity index (χ3v) is 9.86. The highest BCUT2D eigenvalue weighted by Crippen LogP contribution is 2.39. The van der Waals surface area contributed by atoms with Crippen LogP contribution >= 0.6 is 0 Å². The SMILES string of the molecule is c1ccc(-c2c3ccccc3nc3c2ccc2ccc(-c4ccc(-c5ccc(-c6ccc7ccccc7n6)cc5)c5ccccc45)nc23)cc1. The highest BCUT2D eigenvalue weighted by Gasteiger charge is 2.16. The maximum absolute atomic E-state index is 5.37. The lowest BCUT2D eigenvalue weighted by molar-refractivity contribution is 1.40. The lowest BCUT2D eigenvalue weighted by Gasteiger charge is -2.14. The Hall–Kier alpha value is -6.71. The summed E-state index contributed by atoms with van der Waals surface area (Å²) in [6.07, 6.45) is 0. The van der Waals surface area contributed by atoms with Gasteiger partial charge in [0.2, 0.25) is 0 Å². The lowest BCUT2D eigenvalue weighted by Crippen LogP contribution is -1.93. The number of pyridine rings is 3. The molecular weight excluding hydrogens is 607 g/mol. The summed E-state index contributed by atoms with van der Waals surface area (Å²) in [6, 6.07) is 62.0. The summed E-state index contributed by atoms with van der Waals surface area (Å²) >= 11 is 0. The van der Waals surface area contributed by atoms with E-state index in [1.54, 1.807) is 0 Å². The molecule has 0 saturated carbocycles. The third kappa shape index (κ3) is 4.63. The van der Waals surface area contributed by atoms with Gasteiger partial charge >= 0.3 is 0 Å². The molecule has 3 nitrogen and oxygen atoms in total. The monoisotopic (exact) mass is 635 g/mol. The van der Waals surface area contributed by atoms with Gasteiger partial charge in [0.05, 0.1) is 33.5 Å². The van der Waals surface area contributed by atoms with Gasteiger partial charge in [0, 0.05) is 38.2 Å². The van der Waals surface area contributed by atoms with Gasteiger partial charge in [-0.1, -0.05) is 152 Å². The largest absolute Gasteiger partial charge is 0.248 e. The second-order valence-corrected chi connectivity index (χ2v) is 12.8. The lowest BCUT2D eigenvalue weighted by atomic mass is 9.92. The summed E-state index contributed by atoms with van der Waals surface area (Å²) in [4.78, 5) is 15.5. The van der Waals surface area contributed by atoms with E-state index in [9.17, 15) is 0 Å². The Balaban J connectivity index is 1.10. The van der Waals surface area contributed by atoms with Gasteiger partial charge in [-0.25, -0.2) is 15.0 Å². The normalized spacial score (nSPS) is 11.6. The van der Waals surface area contributed by atoms with Crippen LogP contribution in [0.4, 0.5) is 0 Å². The van der Waals surface area contributed by atoms with Crippen LogP contribution in [0.2, 0.25) is 0 Å². The number of rotatable bonds is 4. The van der Waals surface area contributed by atoms with Crippen LogP contribution in [0, 0.1) is 0 Å². The number of hydrogen-bond donors (Lipinski definition) is 0. The van der Waals surface area contributed by atoms with Gasteiger partial charge in [0.15, 0.2) is 0 Å². The van der Waals surface area contributed by atoms with E-state index in [1.165, 1.54) is 33.0 Å². The predicted molar refractivity (Wildman–Crippen MR) is 209 cm³/mol. The topological polar surface area (TPSA) is 38.7 Å². The summed E-state index contributed by atoms with van der Waals surface area (Å²) in [5.41, 5.74) is 12.6. The van der Waals surface area contributed by atoms with E-state index >= 15 is 0 Å². The van der Waals surface area contributed by atoms with E-state index in [4.69, 9.17) is 15.0 Å². The first-order valence-corrected chi connectivity index (χ1v) is 16.9. The van der Waals surface area contributed by atoms with Gasteiger partial charge in [-0.05, 0) is 51.7 Å². The number of para-hydroxylation sites is 2. The van der Waals surface area contributed by atoms with E-state index < -0.39 is 0 Å². The van der Waals surface area contributed by atoms with Crippen LogP contribution < -0.4 is 0 Å². The first kappa shape index (κ1) is 28.3. The Morgan fingerprint density at radius 2 is 0.900 bits per heavy atom. The molecule has 10 rings (SSSR count). The van der Waals surface area contributed by atoms with Crippen LogP contribution in [0.1, 0.15) is 0 Å². The van der Waals surface area contributed by atoms with Crippen LogP contribution in [-0.2, 0) is 0 Å². The Morgan fingerprint density at radius 3 is 1.74 bits per heavy atom. The van der Waals surface area contributed by atoms with Crippen molar-refractivity contribution in [3.8, 4) is 44.8 Å². The second-order valence-electron chi connectivity index (χ2n) is 12.8. The molecule has 232 valence electrons. The average molecular weight is 636 g/mol. The molecule has 3 heteroatoms. The summed E-state index contributed by atoms with van der Waals surface area (Å²) in [7, 11) is 0. The van der Waals surface area contributed by atoms with Crippen molar-refractivity contribution in [3.63, 3.8) is 0 Å². The van der Waals surface area contributed by atoms with Crippen molar-refractivity contribution in [1.82, 2.24) is 15.0 Å². The Bertz CT molecular complexity index is 2910. The zero-order valence-electron chi connectivity index (χ0n) is 27.1. The van der Waals surface area contributed by atoms with Gasteiger partial charge in [0.25, 0.3) is 0 Å². The van der Waals surface area contributed by atoms with E-state index in [0.717, 1.165) is 66.1 Å². The van der Waals surface area contributed by atoms with Crippen molar-refractivity contribution in [2.75, 3.05) is 0 Å². The van der Waals surface area contributed by atoms with Gasteiger partial charge in [-0.3, -0.25) is 0 Å². The zero-order chi connectivity index (χ0) is 33.0. The first-order valence-electron chi connectivity index (χ1n) is 16.9. The maximum Gasteiger partial charge on any atom is 0.0978 e. The molecule has 0 radical (unpaired) electrons. The zero-order valence-corrected chi connectivity index (χ0v) is 27.1. The Labute approximate surface area is 289 Å². The fourth-order valence-corrected chi connectivity index (χ4v) is 7.42. The highest BCUT2D eigenvalue weighted by molar-refractivity contribution is 6.16. The van der Waals surface area contributed by atoms with Crippen molar-refractivity contribution in [1.29, 1.82) is 0 Å². The van der Waals surface area contributed by atoms with Crippen LogP contribution in [0.5, 0.6) is 0 Å². The van der Waals surface area contributed by atoms with E-state index in [0.29, 0.717) is 0 Å². The molecule has 7 aromatic carbocycles. The summed E-state index contributed by atoms with van der Waals surface area (Å²) in [6.45, 7) is 0. The molecule has 0 spiro atoms. The summed E-state index contributed by atoms with van der Waals surface area (Å²) < 4.78 is 0. The third-order valence-electron chi connectivity index (χ3n) is 9.86. The van der Waals surface area contributed by atoms with Gasteiger partial charge < -0.3 is 0 Å². The molecule has 0 aliphatic heterocycles. The van der Waals surface area contributed by atoms with Gasteiger partial charge in [-0.15, -0.1) is 0 Å². The van der Waals surface area contributed by atoms with Crippen LogP contribution in [0.15, 0.2) is 176 Å². The molecule has 0 bridgehead atoms. The molecule has 0 aliphatic rings. The molecule has 0 atom stereocenters. The molecule has 3 aromatic heterocycles. The van der Waals surface area contributed by atoms with Crippen LogP contribution in [0.3, 0.4) is 0 Å². The van der Waals surface area contributed by atoms with Crippen LogP contribution in [0.25, 0.3) is 99.2 Å². The predicted octanol–water partition coefficient (Wildman–Crippen LogP) is 12.3. The van der Waals surface area contributed by atoms with Crippen molar-refractivity contribution < 1.29 is 0 Å². The number of fused-ring (bicyclic) bond motifs is 6. The van der Waals surface area contributed by atoms with E-state index in [2.05, 4.69) is 164 Å². The molecule has 0 fully saturated rings. The highest BCUT2D eigenvalue weighted by atomic mass is 14.8. The molecule has 0 unspecified atom stereocenters. The average Bonchev–Trinajstić information content (AvgIpc) is 3.19. The van der Waals surface area contributed by atoms with Crippen molar-refractivity contribution in [2.45, 2.75) is 0 Å². The maximum atomic E-state index is 5.37. The molecule has 50 heavy (non-hydrogen) atoms. The van der Waals surface area contributed by atoms with Crippen molar-refractivity contribution in [3.05, 3.63) is 176 Å². The fourth-order valence-electron chi connectivity index (χ4n) is 7.42. The molecule has 0 saturated heterocycles. The van der Waals surface area contributed by atoms with E-state index in [-0.39, 0.29) is 0 Å². The number of hydrogen-bond acceptors (Lipinski definition) is 3. The Kier molecular flexibility index (Phi) is 6.49. The minimum Gasteiger partial charge on any atom is -0.248 e. The van der Waals surface area contributed by atoms with Crippen molar-refractivity contribution in [2.24, 2.45) is 0 Å². The summed E-state index contributed by atoms with van der Waals surface area (Å²) in [5.74, 6) is 0. The molecule has 0 N–H and O–H groups in total. The van der Waals surface area contributed by atoms with Crippen molar-refractivity contribution >= 4 is 54.4 Å². The summed E-state index contributed by atoms with van der Waals surface area (Å²) in [5, 5.41) is 6.83. The quantitative estimate of drug-likeness (QED) is 0.143. The first-order chi connectivity index (χ1) is 24.8. The van der Waals surface area contributed by atoms with E-state index in [1.807, 2.05) is 12.1 Å². The fraction of sp³-hybridized carbons (Fsp3) is 0. The minimum atomic E-state index is 0.911. The van der Waals surface area contributed by atoms with Gasteiger partial charge in [0.1, 0.15) is 0 Å². The van der Waals surface area contributed by atoms with Gasteiger partial charge in [-0.2, -0.15) is 0 Å². The Morgan fingerprint density at radius 1 is 0.280 bits per heavy atom. The molecule has 0 aliphatic carbocycles. The molecular formula is C47H29N3. The molecule has 10 aromatic rings. The smallest absolute Gasteiger partial charge is 0.0978 e. The number of benzene rings is 7. The number of nitrogens with zero attached hydrogens (tertiary/aromatic N) is 3. The molecule has 0 amide bonds. The molecule has 3 heterocycles. The van der Waals surface area contributed by atoms with Crippen LogP contribution in [-0.4, -0.2) is 15.0 Å². The minimum absolute atomic E-state index is 0.911. The number of aromatic nitrogens is 3.